The molecule has 0 aliphatic rings. The Labute approximate surface area is 114 Å². The first kappa shape index (κ1) is 13.7. The maximum absolute atomic E-state index is 4.25. The summed E-state index contributed by atoms with van der Waals surface area (Å²) in [6.45, 7) is 9.60. The molecule has 2 rings (SSSR count). The van der Waals surface area contributed by atoms with E-state index < -0.39 is 0 Å². The molecular formula is C15H22N4. The summed E-state index contributed by atoms with van der Waals surface area (Å²) in [6.07, 6.45) is 0. The van der Waals surface area contributed by atoms with Crippen LogP contribution in [-0.2, 0) is 6.54 Å². The van der Waals surface area contributed by atoms with Gasteiger partial charge in [0.15, 0.2) is 0 Å². The van der Waals surface area contributed by atoms with Crippen molar-refractivity contribution in [2.45, 2.75) is 40.3 Å². The van der Waals surface area contributed by atoms with Crippen LogP contribution in [0, 0.1) is 5.41 Å². The highest BCUT2D eigenvalue weighted by Crippen LogP contribution is 2.21. The minimum atomic E-state index is 0.233. The summed E-state index contributed by atoms with van der Waals surface area (Å²) in [7, 11) is 0. The molecule has 0 fully saturated rings. The summed E-state index contributed by atoms with van der Waals surface area (Å²) >= 11 is 0. The lowest BCUT2D eigenvalue weighted by atomic mass is 9.88. The molecule has 2 N–H and O–H groups in total. The summed E-state index contributed by atoms with van der Waals surface area (Å²) in [5, 5.41) is 14.7. The molecule has 1 aromatic carbocycles. The van der Waals surface area contributed by atoms with Crippen LogP contribution in [0.5, 0.6) is 0 Å². The molecule has 1 heterocycles. The molecule has 0 amide bonds. The van der Waals surface area contributed by atoms with Gasteiger partial charge in [-0.25, -0.2) is 0 Å². The number of nitrogens with one attached hydrogen (secondary N) is 2. The fourth-order valence-corrected chi connectivity index (χ4v) is 1.76. The largest absolute Gasteiger partial charge is 0.308 e. The van der Waals surface area contributed by atoms with E-state index in [2.05, 4.69) is 60.6 Å². The van der Waals surface area contributed by atoms with Crippen LogP contribution in [0.2, 0.25) is 0 Å². The minimum Gasteiger partial charge on any atom is -0.308 e. The van der Waals surface area contributed by atoms with Crippen molar-refractivity contribution in [3.63, 3.8) is 0 Å². The third kappa shape index (κ3) is 3.41. The van der Waals surface area contributed by atoms with Crippen molar-refractivity contribution in [3.05, 3.63) is 36.0 Å². The van der Waals surface area contributed by atoms with Gasteiger partial charge in [0.05, 0.1) is 0 Å². The first-order valence-electron chi connectivity index (χ1n) is 6.67. The van der Waals surface area contributed by atoms with Gasteiger partial charge in [-0.2, -0.15) is 15.4 Å². The predicted octanol–water partition coefficient (Wildman–Crippen LogP) is 3.00. The highest BCUT2D eigenvalue weighted by molar-refractivity contribution is 5.60. The normalized spacial score (nSPS) is 13.5. The van der Waals surface area contributed by atoms with Crippen LogP contribution in [0.1, 0.15) is 33.4 Å². The Balaban J connectivity index is 2.09. The SMILES string of the molecule is CC(NCc1n[nH]nc1-c1ccccc1)C(C)(C)C. The van der Waals surface area contributed by atoms with Crippen molar-refractivity contribution in [2.24, 2.45) is 5.41 Å². The van der Waals surface area contributed by atoms with E-state index >= 15 is 0 Å². The second kappa shape index (κ2) is 5.53. The van der Waals surface area contributed by atoms with Crippen molar-refractivity contribution >= 4 is 0 Å². The first-order chi connectivity index (χ1) is 8.98. The zero-order valence-electron chi connectivity index (χ0n) is 12.1. The standard InChI is InChI=1S/C15H22N4/c1-11(15(2,3)4)16-10-13-14(18-19-17-13)12-8-6-5-7-9-12/h5-9,11,16H,10H2,1-4H3,(H,17,18,19). The Kier molecular flexibility index (Phi) is 4.00. The number of aromatic nitrogens is 3. The van der Waals surface area contributed by atoms with Gasteiger partial charge >= 0.3 is 0 Å². The van der Waals surface area contributed by atoms with E-state index in [0.29, 0.717) is 6.04 Å². The first-order valence-corrected chi connectivity index (χ1v) is 6.67. The van der Waals surface area contributed by atoms with Crippen LogP contribution >= 0.6 is 0 Å². The van der Waals surface area contributed by atoms with Crippen molar-refractivity contribution in [1.29, 1.82) is 0 Å². The highest BCUT2D eigenvalue weighted by Gasteiger charge is 2.20. The van der Waals surface area contributed by atoms with Gasteiger partial charge in [0.1, 0.15) is 11.4 Å². The van der Waals surface area contributed by atoms with Gasteiger partial charge in [0.2, 0.25) is 0 Å². The number of hydrogen-bond acceptors (Lipinski definition) is 3. The van der Waals surface area contributed by atoms with E-state index in [1.54, 1.807) is 0 Å². The highest BCUT2D eigenvalue weighted by atomic mass is 15.3. The van der Waals surface area contributed by atoms with E-state index in [0.717, 1.165) is 23.5 Å². The molecule has 1 aromatic heterocycles. The molecule has 4 nitrogen and oxygen atoms in total. The lowest BCUT2D eigenvalue weighted by Crippen LogP contribution is -2.37. The molecule has 0 saturated heterocycles. The second-order valence-corrected chi connectivity index (χ2v) is 5.95. The number of hydrogen-bond donors (Lipinski definition) is 2. The summed E-state index contributed by atoms with van der Waals surface area (Å²) in [4.78, 5) is 0. The van der Waals surface area contributed by atoms with Crippen LogP contribution in [0.3, 0.4) is 0 Å². The van der Waals surface area contributed by atoms with Gasteiger partial charge in [0.25, 0.3) is 0 Å². The van der Waals surface area contributed by atoms with Gasteiger partial charge in [-0.15, -0.1) is 0 Å². The molecule has 0 radical (unpaired) electrons. The fraction of sp³-hybridized carbons (Fsp3) is 0.467. The van der Waals surface area contributed by atoms with Crippen LogP contribution in [0.25, 0.3) is 11.3 Å². The average Bonchev–Trinajstić information content (AvgIpc) is 2.84. The topological polar surface area (TPSA) is 53.6 Å². The van der Waals surface area contributed by atoms with E-state index in [1.807, 2.05) is 18.2 Å². The summed E-state index contributed by atoms with van der Waals surface area (Å²) in [5.74, 6) is 0. The number of nitrogens with zero attached hydrogens (tertiary/aromatic N) is 2. The zero-order chi connectivity index (χ0) is 13.9. The smallest absolute Gasteiger partial charge is 0.117 e. The maximum atomic E-state index is 4.25. The van der Waals surface area contributed by atoms with Gasteiger partial charge in [0, 0.05) is 18.2 Å². The lowest BCUT2D eigenvalue weighted by molar-refractivity contribution is 0.284. The van der Waals surface area contributed by atoms with Crippen molar-refractivity contribution in [1.82, 2.24) is 20.7 Å². The predicted molar refractivity (Wildman–Crippen MR) is 77.6 cm³/mol. The summed E-state index contributed by atoms with van der Waals surface area (Å²) in [6, 6.07) is 10.5. The molecule has 0 saturated carbocycles. The average molecular weight is 258 g/mol. The van der Waals surface area contributed by atoms with Crippen molar-refractivity contribution < 1.29 is 0 Å². The molecule has 0 bridgehead atoms. The molecular weight excluding hydrogens is 236 g/mol. The van der Waals surface area contributed by atoms with Gasteiger partial charge in [-0.3, -0.25) is 0 Å². The third-order valence-corrected chi connectivity index (χ3v) is 3.54. The molecule has 1 atom stereocenters. The number of aromatic amines is 1. The number of benzene rings is 1. The monoisotopic (exact) mass is 258 g/mol. The molecule has 19 heavy (non-hydrogen) atoms. The number of rotatable bonds is 4. The Morgan fingerprint density at radius 3 is 2.47 bits per heavy atom. The molecule has 4 heteroatoms. The van der Waals surface area contributed by atoms with E-state index in [4.69, 9.17) is 0 Å². The summed E-state index contributed by atoms with van der Waals surface area (Å²) < 4.78 is 0. The quantitative estimate of drug-likeness (QED) is 0.886. The molecule has 0 aliphatic heterocycles. The number of H-pyrrole nitrogens is 1. The van der Waals surface area contributed by atoms with E-state index in [-0.39, 0.29) is 5.41 Å². The molecule has 102 valence electrons. The Bertz CT molecular complexity index is 510. The maximum Gasteiger partial charge on any atom is 0.117 e. The zero-order valence-corrected chi connectivity index (χ0v) is 12.1. The third-order valence-electron chi connectivity index (χ3n) is 3.54. The minimum absolute atomic E-state index is 0.233. The van der Waals surface area contributed by atoms with Crippen LogP contribution < -0.4 is 5.32 Å². The van der Waals surface area contributed by atoms with Crippen LogP contribution in [0.4, 0.5) is 0 Å². The fourth-order valence-electron chi connectivity index (χ4n) is 1.76. The van der Waals surface area contributed by atoms with Crippen molar-refractivity contribution in [3.8, 4) is 11.3 Å². The van der Waals surface area contributed by atoms with E-state index in [9.17, 15) is 0 Å². The van der Waals surface area contributed by atoms with Gasteiger partial charge < -0.3 is 5.32 Å². The van der Waals surface area contributed by atoms with Crippen LogP contribution in [-0.4, -0.2) is 21.5 Å². The summed E-state index contributed by atoms with van der Waals surface area (Å²) in [5.41, 5.74) is 3.21. The molecule has 1 unspecified atom stereocenters. The van der Waals surface area contributed by atoms with Crippen LogP contribution in [0.15, 0.2) is 30.3 Å². The molecule has 0 aliphatic carbocycles. The lowest BCUT2D eigenvalue weighted by Gasteiger charge is -2.28. The van der Waals surface area contributed by atoms with Gasteiger partial charge in [-0.1, -0.05) is 51.1 Å². The van der Waals surface area contributed by atoms with E-state index in [1.165, 1.54) is 0 Å². The Hall–Kier alpha value is -1.68. The molecule has 0 spiro atoms. The Morgan fingerprint density at radius 1 is 1.16 bits per heavy atom. The molecule has 2 aromatic rings. The second-order valence-electron chi connectivity index (χ2n) is 5.95. The van der Waals surface area contributed by atoms with Gasteiger partial charge in [-0.05, 0) is 12.3 Å². The Morgan fingerprint density at radius 2 is 1.84 bits per heavy atom. The van der Waals surface area contributed by atoms with Crippen molar-refractivity contribution in [2.75, 3.05) is 0 Å².